The van der Waals surface area contributed by atoms with Gasteiger partial charge in [0.15, 0.2) is 0 Å². The predicted octanol–water partition coefficient (Wildman–Crippen LogP) is 5.76. The van der Waals surface area contributed by atoms with Gasteiger partial charge in [-0.3, -0.25) is 9.80 Å². The molecule has 2 aromatic carbocycles. The van der Waals surface area contributed by atoms with Crippen molar-refractivity contribution in [3.63, 3.8) is 0 Å². The van der Waals surface area contributed by atoms with Crippen molar-refractivity contribution < 1.29 is 4.79 Å². The molecule has 1 heterocycles. The third-order valence-corrected chi connectivity index (χ3v) is 4.95. The Hall–Kier alpha value is -1.26. The van der Waals surface area contributed by atoms with Crippen LogP contribution in [0.4, 0.5) is 5.69 Å². The SMILES string of the molecule is C[C@@H]1[C@@H](c2ccc(Cl)cc2)C(C(=O)Cl)=NN1c1ccc(Cl)cc1Cl. The van der Waals surface area contributed by atoms with Crippen molar-refractivity contribution in [1.82, 2.24) is 0 Å². The molecule has 0 aromatic heterocycles. The first-order valence-corrected chi connectivity index (χ1v) is 8.67. The molecule has 0 radical (unpaired) electrons. The van der Waals surface area contributed by atoms with E-state index in [4.69, 9.17) is 46.4 Å². The first-order valence-electron chi connectivity index (χ1n) is 7.16. The fraction of sp³-hybridized carbons (Fsp3) is 0.176. The van der Waals surface area contributed by atoms with E-state index in [1.165, 1.54) is 0 Å². The molecule has 0 spiro atoms. The monoisotopic (exact) mass is 400 g/mol. The highest BCUT2D eigenvalue weighted by Crippen LogP contribution is 2.39. The Bertz CT molecular complexity index is 820. The quantitative estimate of drug-likeness (QED) is 0.612. The normalized spacial score (nSPS) is 20.2. The fourth-order valence-electron chi connectivity index (χ4n) is 2.85. The number of rotatable bonds is 3. The number of halogens is 4. The molecule has 0 saturated heterocycles. The third-order valence-electron chi connectivity index (χ3n) is 3.97. The van der Waals surface area contributed by atoms with Crippen molar-refractivity contribution in [2.75, 3.05) is 5.01 Å². The highest BCUT2D eigenvalue weighted by Gasteiger charge is 2.39. The maximum atomic E-state index is 11.9. The third kappa shape index (κ3) is 3.27. The highest BCUT2D eigenvalue weighted by atomic mass is 35.5. The Morgan fingerprint density at radius 1 is 1.04 bits per heavy atom. The van der Waals surface area contributed by atoms with Crippen LogP contribution >= 0.6 is 46.4 Å². The minimum Gasteiger partial charge on any atom is -0.274 e. The lowest BCUT2D eigenvalue weighted by Crippen LogP contribution is -2.30. The van der Waals surface area contributed by atoms with Crippen LogP contribution < -0.4 is 5.01 Å². The van der Waals surface area contributed by atoms with Gasteiger partial charge in [0.05, 0.1) is 22.7 Å². The summed E-state index contributed by atoms with van der Waals surface area (Å²) in [7, 11) is 0. The number of anilines is 1. The maximum Gasteiger partial charge on any atom is 0.269 e. The molecule has 0 saturated carbocycles. The van der Waals surface area contributed by atoms with Gasteiger partial charge in [-0.2, -0.15) is 5.10 Å². The van der Waals surface area contributed by atoms with Crippen molar-refractivity contribution in [2.24, 2.45) is 5.10 Å². The molecule has 0 unspecified atom stereocenters. The second-order valence-electron chi connectivity index (χ2n) is 5.47. The summed E-state index contributed by atoms with van der Waals surface area (Å²) in [5.74, 6) is -0.279. The molecule has 24 heavy (non-hydrogen) atoms. The molecule has 0 bridgehead atoms. The van der Waals surface area contributed by atoms with Crippen LogP contribution in [0.25, 0.3) is 0 Å². The van der Waals surface area contributed by atoms with E-state index in [2.05, 4.69) is 5.10 Å². The molecular weight excluding hydrogens is 390 g/mol. The lowest BCUT2D eigenvalue weighted by molar-refractivity contribution is -0.106. The van der Waals surface area contributed by atoms with Crippen LogP contribution in [0.3, 0.4) is 0 Å². The molecular formula is C17H12Cl4N2O. The van der Waals surface area contributed by atoms with Crippen molar-refractivity contribution in [3.05, 3.63) is 63.1 Å². The molecule has 0 amide bonds. The zero-order valence-electron chi connectivity index (χ0n) is 12.5. The van der Waals surface area contributed by atoms with Gasteiger partial charge in [0.1, 0.15) is 5.71 Å². The lowest BCUT2D eigenvalue weighted by Gasteiger charge is -2.25. The van der Waals surface area contributed by atoms with Gasteiger partial charge in [0.25, 0.3) is 5.24 Å². The van der Waals surface area contributed by atoms with Crippen LogP contribution in [0.2, 0.25) is 15.1 Å². The first kappa shape index (κ1) is 17.6. The minimum atomic E-state index is -0.589. The molecule has 1 aliphatic rings. The molecule has 0 fully saturated rings. The van der Waals surface area contributed by atoms with Crippen LogP contribution in [-0.2, 0) is 4.79 Å². The predicted molar refractivity (Wildman–Crippen MR) is 101 cm³/mol. The van der Waals surface area contributed by atoms with Gasteiger partial charge in [-0.25, -0.2) is 0 Å². The van der Waals surface area contributed by atoms with E-state index < -0.39 is 5.24 Å². The number of carbonyl (C=O) groups excluding carboxylic acids is 1. The van der Waals surface area contributed by atoms with E-state index in [-0.39, 0.29) is 17.7 Å². The fourth-order valence-corrected chi connectivity index (χ4v) is 3.62. The van der Waals surface area contributed by atoms with E-state index in [9.17, 15) is 4.79 Å². The molecule has 2 aromatic rings. The summed E-state index contributed by atoms with van der Waals surface area (Å²) >= 11 is 24.0. The van der Waals surface area contributed by atoms with Gasteiger partial charge in [-0.05, 0) is 54.4 Å². The summed E-state index contributed by atoms with van der Waals surface area (Å²) < 4.78 is 0. The van der Waals surface area contributed by atoms with Gasteiger partial charge in [0.2, 0.25) is 0 Å². The summed E-state index contributed by atoms with van der Waals surface area (Å²) in [5.41, 5.74) is 1.85. The Balaban J connectivity index is 2.05. The Morgan fingerprint density at radius 2 is 1.67 bits per heavy atom. The lowest BCUT2D eigenvalue weighted by atomic mass is 9.89. The van der Waals surface area contributed by atoms with Crippen molar-refractivity contribution in [2.45, 2.75) is 18.9 Å². The molecule has 3 rings (SSSR count). The molecule has 0 aliphatic carbocycles. The van der Waals surface area contributed by atoms with Gasteiger partial charge in [-0.1, -0.05) is 46.9 Å². The zero-order valence-corrected chi connectivity index (χ0v) is 15.5. The van der Waals surface area contributed by atoms with E-state index in [1.54, 1.807) is 35.3 Å². The van der Waals surface area contributed by atoms with Gasteiger partial charge >= 0.3 is 0 Å². The van der Waals surface area contributed by atoms with E-state index in [0.29, 0.717) is 20.8 Å². The Morgan fingerprint density at radius 3 is 2.25 bits per heavy atom. The number of hydrogen-bond donors (Lipinski definition) is 0. The largest absolute Gasteiger partial charge is 0.274 e. The summed E-state index contributed by atoms with van der Waals surface area (Å²) in [6.45, 7) is 1.96. The zero-order chi connectivity index (χ0) is 17.4. The maximum absolute atomic E-state index is 11.9. The van der Waals surface area contributed by atoms with Crippen LogP contribution in [0, 0.1) is 0 Å². The van der Waals surface area contributed by atoms with Crippen molar-refractivity contribution >= 4 is 63.0 Å². The number of benzene rings is 2. The second kappa shape index (κ2) is 6.93. The number of nitrogens with zero attached hydrogens (tertiary/aromatic N) is 2. The standard InChI is InChI=1S/C17H12Cl4N2O/c1-9-15(10-2-4-11(18)5-3-10)16(17(21)24)22-23(9)14-7-6-12(19)8-13(14)20/h2-9,15H,1H3/t9-,15+/m1/s1. The number of hydrazone groups is 1. The topological polar surface area (TPSA) is 32.7 Å². The smallest absolute Gasteiger partial charge is 0.269 e. The highest BCUT2D eigenvalue weighted by molar-refractivity contribution is 6.82. The summed E-state index contributed by atoms with van der Waals surface area (Å²) in [6, 6.07) is 12.3. The summed E-state index contributed by atoms with van der Waals surface area (Å²) in [5, 5.41) is 7.14. The Labute approximate surface area is 159 Å². The molecule has 2 atom stereocenters. The molecule has 124 valence electrons. The van der Waals surface area contributed by atoms with Crippen LogP contribution in [0.15, 0.2) is 47.6 Å². The van der Waals surface area contributed by atoms with Gasteiger partial charge in [-0.15, -0.1) is 0 Å². The summed E-state index contributed by atoms with van der Waals surface area (Å²) in [6.07, 6.45) is 0. The average Bonchev–Trinajstić information content (AvgIpc) is 2.86. The first-order chi connectivity index (χ1) is 11.4. The van der Waals surface area contributed by atoms with E-state index >= 15 is 0 Å². The summed E-state index contributed by atoms with van der Waals surface area (Å²) in [4.78, 5) is 11.9. The van der Waals surface area contributed by atoms with E-state index in [1.807, 2.05) is 19.1 Å². The second-order valence-corrected chi connectivity index (χ2v) is 7.09. The molecule has 1 aliphatic heterocycles. The van der Waals surface area contributed by atoms with Gasteiger partial charge < -0.3 is 0 Å². The van der Waals surface area contributed by atoms with Crippen LogP contribution in [-0.4, -0.2) is 17.0 Å². The van der Waals surface area contributed by atoms with Crippen LogP contribution in [0.1, 0.15) is 18.4 Å². The molecule has 7 heteroatoms. The van der Waals surface area contributed by atoms with Crippen LogP contribution in [0.5, 0.6) is 0 Å². The van der Waals surface area contributed by atoms with Crippen molar-refractivity contribution in [3.8, 4) is 0 Å². The molecule has 0 N–H and O–H groups in total. The van der Waals surface area contributed by atoms with E-state index in [0.717, 1.165) is 5.56 Å². The average molecular weight is 402 g/mol. The van der Waals surface area contributed by atoms with Crippen molar-refractivity contribution in [1.29, 1.82) is 0 Å². The Kier molecular flexibility index (Phi) is 5.07. The van der Waals surface area contributed by atoms with Gasteiger partial charge in [0, 0.05) is 10.0 Å². The number of hydrogen-bond acceptors (Lipinski definition) is 3. The minimum absolute atomic E-state index is 0.150. The number of carbonyl (C=O) groups is 1. The molecule has 3 nitrogen and oxygen atoms in total.